The Morgan fingerprint density at radius 2 is 2.18 bits per heavy atom. The lowest BCUT2D eigenvalue weighted by molar-refractivity contribution is -0.508. The molecule has 2 aromatic rings. The zero-order valence-electron chi connectivity index (χ0n) is 18.6. The molecule has 0 saturated carbocycles. The Balaban J connectivity index is 1.68. The van der Waals surface area contributed by atoms with Crippen LogP contribution in [0.5, 0.6) is 0 Å². The number of aliphatic hydroxyl groups excluding tert-OH is 1. The Bertz CT molecular complexity index is 1150. The van der Waals surface area contributed by atoms with Crippen molar-refractivity contribution in [1.82, 2.24) is 14.8 Å². The number of carboxylic acids is 1. The number of aliphatic carboxylic acids is 1. The number of aromatic nitrogens is 2. The van der Waals surface area contributed by atoms with Crippen molar-refractivity contribution < 1.29 is 29.0 Å². The van der Waals surface area contributed by atoms with Gasteiger partial charge in [0.2, 0.25) is 15.8 Å². The van der Waals surface area contributed by atoms with Crippen molar-refractivity contribution in [3.8, 4) is 0 Å². The Kier molecular flexibility index (Phi) is 6.54. The molecule has 1 saturated heterocycles. The van der Waals surface area contributed by atoms with E-state index in [0.29, 0.717) is 25.1 Å². The summed E-state index contributed by atoms with van der Waals surface area (Å²) in [4.78, 5) is 39.7. The standard InChI is InChI=1S/C21H27N5O5S2/c1-10-14(17(21(30)31)26-16(10)15(11(2)27)18(26)29)12-7-24-9-25(19(32-3)20(24)33-12)8-13(28)23-6-4-5-22/h7,9-11,15-16,27H,4-6,8,22H2,1-3H3,(H-,23,28,30,31)/t10-,11+,15+,16+/m0/s1. The van der Waals surface area contributed by atoms with Gasteiger partial charge in [-0.05, 0) is 26.1 Å². The number of thiazole rings is 1. The number of hydrogen-bond acceptors (Lipinski definition) is 8. The molecule has 4 heterocycles. The number of nitrogens with zero attached hydrogens (tertiary/aromatic N) is 3. The number of thioether (sulfide) groups is 1. The van der Waals surface area contributed by atoms with E-state index in [1.54, 1.807) is 13.3 Å². The molecule has 0 bridgehead atoms. The van der Waals surface area contributed by atoms with Crippen molar-refractivity contribution in [1.29, 1.82) is 0 Å². The molecular weight excluding hydrogens is 466 g/mol. The third-order valence-corrected chi connectivity index (χ3v) is 8.33. The lowest BCUT2D eigenvalue weighted by Gasteiger charge is -2.47. The van der Waals surface area contributed by atoms with Gasteiger partial charge in [0.15, 0.2) is 6.54 Å². The predicted molar refractivity (Wildman–Crippen MR) is 121 cm³/mol. The van der Waals surface area contributed by atoms with Gasteiger partial charge in [-0.1, -0.05) is 30.0 Å². The van der Waals surface area contributed by atoms with E-state index in [1.165, 1.54) is 28.0 Å². The number of imidazole rings is 1. The molecule has 10 nitrogen and oxygen atoms in total. The van der Waals surface area contributed by atoms with Crippen LogP contribution in [0.4, 0.5) is 0 Å². The van der Waals surface area contributed by atoms with Crippen LogP contribution in [0.3, 0.4) is 0 Å². The average Bonchev–Trinajstić information content (AvgIpc) is 3.35. The summed E-state index contributed by atoms with van der Waals surface area (Å²) in [6, 6.07) is -0.399. The molecule has 4 rings (SSSR count). The molecule has 12 heteroatoms. The van der Waals surface area contributed by atoms with Gasteiger partial charge in [0, 0.05) is 18.0 Å². The second-order valence-corrected chi connectivity index (χ2v) is 10.2. The smallest absolute Gasteiger partial charge is 0.262 e. The third kappa shape index (κ3) is 3.84. The largest absolute Gasteiger partial charge is 0.543 e. The predicted octanol–water partition coefficient (Wildman–Crippen LogP) is -1.21. The zero-order chi connectivity index (χ0) is 24.0. The number of carboxylic acid groups (broad SMARTS) is 1. The van der Waals surface area contributed by atoms with Gasteiger partial charge in [-0.3, -0.25) is 9.59 Å². The number of fused-ring (bicyclic) bond motifs is 2. The van der Waals surface area contributed by atoms with E-state index in [-0.39, 0.29) is 30.0 Å². The maximum absolute atomic E-state index is 12.6. The summed E-state index contributed by atoms with van der Waals surface area (Å²) in [6.45, 7) is 4.63. The van der Waals surface area contributed by atoms with E-state index in [9.17, 15) is 24.6 Å². The van der Waals surface area contributed by atoms with Gasteiger partial charge in [-0.15, -0.1) is 0 Å². The highest BCUT2D eigenvalue weighted by molar-refractivity contribution is 7.98. The maximum atomic E-state index is 12.6. The van der Waals surface area contributed by atoms with Crippen LogP contribution in [0.15, 0.2) is 23.2 Å². The van der Waals surface area contributed by atoms with E-state index in [0.717, 1.165) is 14.7 Å². The highest BCUT2D eigenvalue weighted by atomic mass is 32.2. The first kappa shape index (κ1) is 23.7. The molecule has 0 aliphatic carbocycles. The van der Waals surface area contributed by atoms with Gasteiger partial charge in [0.1, 0.15) is 6.20 Å². The Labute approximate surface area is 199 Å². The van der Waals surface area contributed by atoms with Crippen LogP contribution >= 0.6 is 23.1 Å². The van der Waals surface area contributed by atoms with Crippen LogP contribution < -0.4 is 20.6 Å². The summed E-state index contributed by atoms with van der Waals surface area (Å²) < 4.78 is 3.72. The fourth-order valence-electron chi connectivity index (χ4n) is 4.80. The van der Waals surface area contributed by atoms with Crippen molar-refractivity contribution >= 4 is 51.3 Å². The minimum atomic E-state index is -1.40. The van der Waals surface area contributed by atoms with Crippen LogP contribution in [0, 0.1) is 11.8 Å². The average molecular weight is 494 g/mol. The summed E-state index contributed by atoms with van der Waals surface area (Å²) in [7, 11) is 0. The van der Waals surface area contributed by atoms with Gasteiger partial charge in [0.25, 0.3) is 12.2 Å². The van der Waals surface area contributed by atoms with Crippen LogP contribution in [0.25, 0.3) is 10.4 Å². The van der Waals surface area contributed by atoms with Crippen molar-refractivity contribution in [3.05, 3.63) is 23.1 Å². The minimum absolute atomic E-state index is 0.111. The van der Waals surface area contributed by atoms with Crippen LogP contribution in [-0.4, -0.2) is 63.8 Å². The summed E-state index contributed by atoms with van der Waals surface area (Å²) in [5.41, 5.74) is 5.90. The Morgan fingerprint density at radius 1 is 1.45 bits per heavy atom. The number of carbonyl (C=O) groups is 3. The molecule has 33 heavy (non-hydrogen) atoms. The van der Waals surface area contributed by atoms with Crippen LogP contribution in [-0.2, 0) is 20.9 Å². The number of rotatable bonds is 9. The third-order valence-electron chi connectivity index (χ3n) is 6.25. The second-order valence-electron chi connectivity index (χ2n) is 8.36. The zero-order valence-corrected chi connectivity index (χ0v) is 20.2. The molecule has 2 aromatic heterocycles. The first-order valence-electron chi connectivity index (χ1n) is 10.7. The molecule has 4 N–H and O–H groups in total. The van der Waals surface area contributed by atoms with Crippen molar-refractivity contribution in [3.63, 3.8) is 0 Å². The van der Waals surface area contributed by atoms with E-state index in [1.807, 2.05) is 28.3 Å². The van der Waals surface area contributed by atoms with Crippen molar-refractivity contribution in [2.24, 2.45) is 17.6 Å². The van der Waals surface area contributed by atoms with E-state index >= 15 is 0 Å². The topological polar surface area (TPSA) is 145 Å². The maximum Gasteiger partial charge on any atom is 0.262 e. The minimum Gasteiger partial charge on any atom is -0.543 e. The number of carbonyl (C=O) groups excluding carboxylic acids is 3. The quantitative estimate of drug-likeness (QED) is 0.172. The number of amides is 2. The van der Waals surface area contributed by atoms with Gasteiger partial charge in [-0.2, -0.15) is 4.40 Å². The SMILES string of the molecule is CSc1c2sc(C3=C(C(=O)[O-])N4C(=O)[C@H]([C@@H](C)O)[C@H]4[C@H]3C)c[n+]2cn1CC(=O)NCCCN. The summed E-state index contributed by atoms with van der Waals surface area (Å²) >= 11 is 2.90. The van der Waals surface area contributed by atoms with Crippen molar-refractivity contribution in [2.45, 2.75) is 44.0 Å². The Morgan fingerprint density at radius 3 is 2.79 bits per heavy atom. The summed E-state index contributed by atoms with van der Waals surface area (Å²) in [5.74, 6) is -2.79. The fraction of sp³-hybridized carbons (Fsp3) is 0.524. The van der Waals surface area contributed by atoms with E-state index in [4.69, 9.17) is 5.73 Å². The van der Waals surface area contributed by atoms with Gasteiger partial charge < -0.3 is 31.0 Å². The second kappa shape index (κ2) is 9.09. The number of nitrogens with one attached hydrogen (secondary N) is 1. The summed E-state index contributed by atoms with van der Waals surface area (Å²) in [6.07, 6.45) is 5.40. The molecule has 0 unspecified atom stereocenters. The molecule has 178 valence electrons. The number of β-lactam (4-membered cyclic amide) rings is 1. The molecular formula is C21H27N5O5S2. The molecule has 2 aliphatic rings. The molecule has 4 atom stereocenters. The van der Waals surface area contributed by atoms with Crippen LogP contribution in [0.1, 0.15) is 25.1 Å². The molecule has 2 aliphatic heterocycles. The van der Waals surface area contributed by atoms with E-state index < -0.39 is 24.0 Å². The van der Waals surface area contributed by atoms with E-state index in [2.05, 4.69) is 5.32 Å². The number of hydrogen-bond donors (Lipinski definition) is 3. The fourth-order valence-corrected chi connectivity index (χ4v) is 6.98. The molecule has 0 spiro atoms. The Hall–Kier alpha value is -2.41. The van der Waals surface area contributed by atoms with Gasteiger partial charge >= 0.3 is 0 Å². The molecule has 0 aromatic carbocycles. The first-order chi connectivity index (χ1) is 15.7. The first-order valence-corrected chi connectivity index (χ1v) is 12.8. The lowest BCUT2D eigenvalue weighted by Crippen LogP contribution is -2.64. The van der Waals surface area contributed by atoms with Gasteiger partial charge in [0.05, 0.1) is 34.6 Å². The monoisotopic (exact) mass is 493 g/mol. The van der Waals surface area contributed by atoms with Gasteiger partial charge in [-0.25, -0.2) is 4.57 Å². The highest BCUT2D eigenvalue weighted by Crippen LogP contribution is 2.51. The number of nitrogens with two attached hydrogens (primary N) is 1. The molecule has 2 amide bonds. The van der Waals surface area contributed by atoms with Crippen molar-refractivity contribution in [2.75, 3.05) is 19.3 Å². The highest BCUT2D eigenvalue weighted by Gasteiger charge is 2.59. The normalized spacial score (nSPS) is 23.1. The number of aliphatic hydroxyl groups is 1. The lowest BCUT2D eigenvalue weighted by atomic mass is 9.77. The molecule has 0 radical (unpaired) electrons. The molecule has 1 fully saturated rings. The summed E-state index contributed by atoms with van der Waals surface area (Å²) in [5, 5.41) is 25.8. The van der Waals surface area contributed by atoms with Crippen LogP contribution in [0.2, 0.25) is 0 Å².